The molecule has 1 aromatic carbocycles. The molecule has 1 saturated heterocycles. The second-order valence-electron chi connectivity index (χ2n) is 6.91. The first-order chi connectivity index (χ1) is 13.2. The van der Waals surface area contributed by atoms with Crippen LogP contribution < -0.4 is 15.0 Å². The van der Waals surface area contributed by atoms with Crippen LogP contribution in [0.5, 0.6) is 5.75 Å². The van der Waals surface area contributed by atoms with Crippen molar-refractivity contribution >= 4 is 17.7 Å². The molecule has 0 unspecified atom stereocenters. The summed E-state index contributed by atoms with van der Waals surface area (Å²) >= 11 is 0. The predicted molar refractivity (Wildman–Crippen MR) is 94.8 cm³/mol. The summed E-state index contributed by atoms with van der Waals surface area (Å²) in [6, 6.07) is 3.06. The SMILES string of the molecule is COc1ccc(N2CCN(C(=O)O)CC2)c2c1C[C@@H](NC(=O)C(F)(F)F)CC2. The molecule has 1 fully saturated rings. The first-order valence-electron chi connectivity index (χ1n) is 9.00. The van der Waals surface area contributed by atoms with E-state index in [0.717, 1.165) is 16.8 Å². The Hall–Kier alpha value is -2.65. The van der Waals surface area contributed by atoms with Crippen LogP contribution in [0.3, 0.4) is 0 Å². The predicted octanol–water partition coefficient (Wildman–Crippen LogP) is 2.03. The lowest BCUT2D eigenvalue weighted by Gasteiger charge is -2.37. The molecule has 2 amide bonds. The van der Waals surface area contributed by atoms with Crippen molar-refractivity contribution in [3.05, 3.63) is 23.3 Å². The number of halogens is 3. The molecule has 28 heavy (non-hydrogen) atoms. The number of hydrogen-bond donors (Lipinski definition) is 2. The zero-order valence-corrected chi connectivity index (χ0v) is 15.4. The molecule has 0 radical (unpaired) electrons. The van der Waals surface area contributed by atoms with E-state index in [1.807, 2.05) is 6.07 Å². The van der Waals surface area contributed by atoms with Gasteiger partial charge in [0.1, 0.15) is 5.75 Å². The highest BCUT2D eigenvalue weighted by Crippen LogP contribution is 2.37. The summed E-state index contributed by atoms with van der Waals surface area (Å²) in [7, 11) is 1.50. The molecular formula is C18H22F3N3O4. The average molecular weight is 401 g/mol. The molecule has 0 aromatic heterocycles. The van der Waals surface area contributed by atoms with Crippen LogP contribution in [-0.2, 0) is 17.6 Å². The highest BCUT2D eigenvalue weighted by molar-refractivity contribution is 5.82. The molecule has 7 nitrogen and oxygen atoms in total. The Labute approximate surface area is 160 Å². The topological polar surface area (TPSA) is 82.1 Å². The Balaban J connectivity index is 1.80. The Morgan fingerprint density at radius 2 is 1.86 bits per heavy atom. The van der Waals surface area contributed by atoms with E-state index < -0.39 is 24.2 Å². The number of nitrogens with one attached hydrogen (secondary N) is 1. The molecule has 1 heterocycles. The van der Waals surface area contributed by atoms with Gasteiger partial charge < -0.3 is 25.0 Å². The number of ether oxygens (including phenoxy) is 1. The van der Waals surface area contributed by atoms with Crippen molar-refractivity contribution in [2.45, 2.75) is 31.5 Å². The fraction of sp³-hybridized carbons (Fsp3) is 0.556. The number of anilines is 1. The van der Waals surface area contributed by atoms with Gasteiger partial charge in [-0.2, -0.15) is 13.2 Å². The molecule has 1 atom stereocenters. The molecule has 0 bridgehead atoms. The number of rotatable bonds is 3. The van der Waals surface area contributed by atoms with Crippen LogP contribution in [0.15, 0.2) is 12.1 Å². The van der Waals surface area contributed by atoms with Gasteiger partial charge in [0.25, 0.3) is 0 Å². The van der Waals surface area contributed by atoms with Crippen LogP contribution in [0.4, 0.5) is 23.7 Å². The number of carboxylic acid groups (broad SMARTS) is 1. The van der Waals surface area contributed by atoms with Gasteiger partial charge in [-0.1, -0.05) is 0 Å². The van der Waals surface area contributed by atoms with Gasteiger partial charge in [-0.15, -0.1) is 0 Å². The Morgan fingerprint density at radius 3 is 2.43 bits per heavy atom. The second-order valence-corrected chi connectivity index (χ2v) is 6.91. The third-order valence-corrected chi connectivity index (χ3v) is 5.26. The number of nitrogens with zero attached hydrogens (tertiary/aromatic N) is 2. The number of alkyl halides is 3. The summed E-state index contributed by atoms with van der Waals surface area (Å²) < 4.78 is 43.0. The quantitative estimate of drug-likeness (QED) is 0.810. The molecule has 2 aliphatic rings. The van der Waals surface area contributed by atoms with Crippen LogP contribution in [0.1, 0.15) is 17.5 Å². The Bertz CT molecular complexity index is 761. The lowest BCUT2D eigenvalue weighted by molar-refractivity contribution is -0.174. The largest absolute Gasteiger partial charge is 0.496 e. The molecule has 2 N–H and O–H groups in total. The number of methoxy groups -OCH3 is 1. The smallest absolute Gasteiger partial charge is 0.471 e. The van der Waals surface area contributed by atoms with E-state index in [0.29, 0.717) is 44.8 Å². The van der Waals surface area contributed by atoms with E-state index in [1.54, 1.807) is 6.07 Å². The summed E-state index contributed by atoms with van der Waals surface area (Å²) in [5.74, 6) is -1.35. The summed E-state index contributed by atoms with van der Waals surface area (Å²) in [6.45, 7) is 1.86. The van der Waals surface area contributed by atoms with Gasteiger partial charge in [-0.25, -0.2) is 4.79 Å². The maximum atomic E-state index is 12.6. The van der Waals surface area contributed by atoms with Crippen LogP contribution in [0.2, 0.25) is 0 Å². The fourth-order valence-corrected chi connectivity index (χ4v) is 3.85. The van der Waals surface area contributed by atoms with Crippen molar-refractivity contribution in [2.24, 2.45) is 0 Å². The summed E-state index contributed by atoms with van der Waals surface area (Å²) in [6.07, 6.45) is -4.70. The first-order valence-corrected chi connectivity index (χ1v) is 9.00. The van der Waals surface area contributed by atoms with Crippen LogP contribution >= 0.6 is 0 Å². The van der Waals surface area contributed by atoms with Crippen molar-refractivity contribution in [1.29, 1.82) is 0 Å². The van der Waals surface area contributed by atoms with Gasteiger partial charge in [0.2, 0.25) is 0 Å². The number of carbonyl (C=O) groups is 2. The molecule has 10 heteroatoms. The van der Waals surface area contributed by atoms with E-state index in [4.69, 9.17) is 9.84 Å². The number of amides is 2. The van der Waals surface area contributed by atoms with Crippen molar-refractivity contribution in [3.63, 3.8) is 0 Å². The lowest BCUT2D eigenvalue weighted by Crippen LogP contribution is -2.49. The molecule has 1 aromatic rings. The van der Waals surface area contributed by atoms with Gasteiger partial charge in [0.05, 0.1) is 7.11 Å². The van der Waals surface area contributed by atoms with Crippen LogP contribution in [0, 0.1) is 0 Å². The van der Waals surface area contributed by atoms with Crippen LogP contribution in [-0.4, -0.2) is 67.5 Å². The van der Waals surface area contributed by atoms with E-state index >= 15 is 0 Å². The zero-order chi connectivity index (χ0) is 20.5. The maximum absolute atomic E-state index is 12.6. The molecule has 0 spiro atoms. The molecule has 154 valence electrons. The van der Waals surface area contributed by atoms with E-state index in [9.17, 15) is 22.8 Å². The number of benzene rings is 1. The van der Waals surface area contributed by atoms with E-state index in [1.165, 1.54) is 12.0 Å². The standard InChI is InChI=1S/C18H22F3N3O4/c1-28-15-5-4-14(23-6-8-24(9-7-23)17(26)27)12-3-2-11(10-13(12)15)22-16(25)18(19,20)21/h4-5,11H,2-3,6-10H2,1H3,(H,22,25)(H,26,27)/t11-/m0/s1. The van der Waals surface area contributed by atoms with Crippen LogP contribution in [0.25, 0.3) is 0 Å². The molecule has 1 aliphatic carbocycles. The number of piperazine rings is 1. The van der Waals surface area contributed by atoms with Gasteiger partial charge >= 0.3 is 18.2 Å². The average Bonchev–Trinajstić information content (AvgIpc) is 2.66. The lowest BCUT2D eigenvalue weighted by atomic mass is 9.86. The van der Waals surface area contributed by atoms with Crippen molar-refractivity contribution in [2.75, 3.05) is 38.2 Å². The van der Waals surface area contributed by atoms with Gasteiger partial charge in [0.15, 0.2) is 0 Å². The highest BCUT2D eigenvalue weighted by atomic mass is 19.4. The third-order valence-electron chi connectivity index (χ3n) is 5.26. The van der Waals surface area contributed by atoms with E-state index in [2.05, 4.69) is 10.2 Å². The summed E-state index contributed by atoms with van der Waals surface area (Å²) in [5.41, 5.74) is 2.72. The highest BCUT2D eigenvalue weighted by Gasteiger charge is 2.40. The molecular weight excluding hydrogens is 379 g/mol. The molecule has 1 aliphatic heterocycles. The minimum absolute atomic E-state index is 0.253. The fourth-order valence-electron chi connectivity index (χ4n) is 3.85. The van der Waals surface area contributed by atoms with Gasteiger partial charge in [-0.3, -0.25) is 4.79 Å². The van der Waals surface area contributed by atoms with Crippen molar-refractivity contribution in [1.82, 2.24) is 10.2 Å². The number of hydrogen-bond acceptors (Lipinski definition) is 4. The van der Waals surface area contributed by atoms with Gasteiger partial charge in [-0.05, 0) is 37.0 Å². The minimum Gasteiger partial charge on any atom is -0.496 e. The van der Waals surface area contributed by atoms with Crippen molar-refractivity contribution in [3.8, 4) is 5.75 Å². The maximum Gasteiger partial charge on any atom is 0.471 e. The normalized spacial score (nSPS) is 19.8. The Morgan fingerprint density at radius 1 is 1.18 bits per heavy atom. The first kappa shape index (κ1) is 20.1. The zero-order valence-electron chi connectivity index (χ0n) is 15.4. The van der Waals surface area contributed by atoms with Crippen molar-refractivity contribution < 1.29 is 32.6 Å². The number of carbonyl (C=O) groups excluding carboxylic acids is 1. The van der Waals surface area contributed by atoms with E-state index in [-0.39, 0.29) is 6.42 Å². The molecule has 0 saturated carbocycles. The number of fused-ring (bicyclic) bond motifs is 1. The summed E-state index contributed by atoms with van der Waals surface area (Å²) in [5, 5.41) is 11.2. The minimum atomic E-state index is -4.91. The molecule has 3 rings (SSSR count). The third kappa shape index (κ3) is 4.10. The monoisotopic (exact) mass is 401 g/mol. The van der Waals surface area contributed by atoms with Gasteiger partial charge in [0, 0.05) is 43.5 Å². The second kappa shape index (κ2) is 7.76. The summed E-state index contributed by atoms with van der Waals surface area (Å²) in [4.78, 5) is 25.8. The Kier molecular flexibility index (Phi) is 5.57.